The number of rotatable bonds is 2. The summed E-state index contributed by atoms with van der Waals surface area (Å²) in [6.07, 6.45) is 2.02. The van der Waals surface area contributed by atoms with Gasteiger partial charge in [0.15, 0.2) is 0 Å². The van der Waals surface area contributed by atoms with E-state index in [1.165, 1.54) is 2.46 Å². The molecule has 0 nitrogen and oxygen atoms in total. The molecule has 0 saturated carbocycles. The van der Waals surface area contributed by atoms with Gasteiger partial charge >= 0.3 is 53.3 Å². The average Bonchev–Trinajstić information content (AvgIpc) is 1.35. The minimum absolute atomic E-state index is 0.431. The van der Waals surface area contributed by atoms with Gasteiger partial charge in [0.05, 0.1) is 0 Å². The van der Waals surface area contributed by atoms with Gasteiger partial charge in [-0.05, 0) is 0 Å². The van der Waals surface area contributed by atoms with Gasteiger partial charge in [-0.15, -0.1) is 0 Å². The Bertz CT molecular complexity index is 39.2. The van der Waals surface area contributed by atoms with Crippen LogP contribution < -0.4 is 0 Å². The molecule has 0 rings (SSSR count). The van der Waals surface area contributed by atoms with Crippen LogP contribution in [0.3, 0.4) is 0 Å². The normalized spacial score (nSPS) is 10.7. The van der Waals surface area contributed by atoms with Crippen molar-refractivity contribution in [2.45, 2.75) is 8.37 Å². The summed E-state index contributed by atoms with van der Waals surface area (Å²) in [5, 5.41) is 0. The third-order valence-corrected chi connectivity index (χ3v) is 2.59. The maximum absolute atomic E-state index is 3.64. The summed E-state index contributed by atoms with van der Waals surface area (Å²) in [4.78, 5) is 0. The summed E-state index contributed by atoms with van der Waals surface area (Å²) in [6, 6.07) is 0. The first-order valence-corrected chi connectivity index (χ1v) is 7.17. The molecular weight excluding hydrogens is 223 g/mol. The van der Waals surface area contributed by atoms with E-state index in [-0.39, 0.29) is 0 Å². The van der Waals surface area contributed by atoms with Crippen molar-refractivity contribution < 1.29 is 32.3 Å². The molecule has 0 bridgehead atoms. The molecule has 0 atom stereocenters. The quantitative estimate of drug-likeness (QED) is 0.642. The average molecular weight is 234 g/mol. The van der Waals surface area contributed by atoms with Crippen LogP contribution in [0.4, 0.5) is 0 Å². The molecule has 0 amide bonds. The van der Waals surface area contributed by atoms with Gasteiger partial charge in [-0.3, -0.25) is 0 Å². The summed E-state index contributed by atoms with van der Waals surface area (Å²) < 4.78 is 5.98. The van der Waals surface area contributed by atoms with Crippen molar-refractivity contribution in [2.75, 3.05) is 0 Å². The second-order valence-electron chi connectivity index (χ2n) is 1.18. The second-order valence-corrected chi connectivity index (χ2v) is 6.91. The summed E-state index contributed by atoms with van der Waals surface area (Å²) in [6.45, 7) is 3.64. The monoisotopic (exact) mass is 235 g/mol. The molecule has 0 fully saturated rings. The van der Waals surface area contributed by atoms with Gasteiger partial charge in [0.1, 0.15) is 0 Å². The third-order valence-electron chi connectivity index (χ3n) is 0.349. The number of allylic oxidation sites excluding steroid dienone is 1. The van der Waals surface area contributed by atoms with E-state index in [1.807, 2.05) is 6.08 Å². The van der Waals surface area contributed by atoms with Crippen LogP contribution in [0.5, 0.6) is 0 Å². The van der Waals surface area contributed by atoms with E-state index in [4.69, 9.17) is 0 Å². The van der Waals surface area contributed by atoms with Gasteiger partial charge < -0.3 is 0 Å². The topological polar surface area (TPSA) is 0 Å². The molecule has 0 heterocycles. The molecule has 1 heteroatoms. The van der Waals surface area contributed by atoms with Gasteiger partial charge in [0.2, 0.25) is 0 Å². The second kappa shape index (κ2) is 4.18. The van der Waals surface area contributed by atoms with Crippen LogP contribution in [0.15, 0.2) is 12.7 Å². The van der Waals surface area contributed by atoms with Crippen molar-refractivity contribution >= 4 is 0 Å². The predicted octanol–water partition coefficient (Wildman–Crippen LogP) is 2.31. The molecule has 0 aliphatic rings. The predicted molar refractivity (Wildman–Crippen MR) is 26.7 cm³/mol. The fraction of sp³-hybridized carbons (Fsp3) is 0.600. The van der Waals surface area contributed by atoms with Crippen LogP contribution >= 0.6 is 0 Å². The van der Waals surface area contributed by atoms with Crippen LogP contribution in [0.1, 0.15) is 0 Å². The molecule has 6 heavy (non-hydrogen) atoms. The van der Waals surface area contributed by atoms with E-state index in [0.29, 0.717) is 0 Å². The Kier molecular flexibility index (Phi) is 4.88. The maximum atomic E-state index is 3.64. The fourth-order valence-corrected chi connectivity index (χ4v) is 1.35. The zero-order valence-electron chi connectivity index (χ0n) is 4.31. The van der Waals surface area contributed by atoms with Crippen LogP contribution in [-0.4, -0.2) is 0 Å². The number of hydrogen-bond acceptors (Lipinski definition) is 0. The Morgan fingerprint density at radius 3 is 2.17 bits per heavy atom. The van der Waals surface area contributed by atoms with Crippen LogP contribution in [0, 0.1) is 32.3 Å². The zero-order valence-corrected chi connectivity index (χ0v) is 6.34. The van der Waals surface area contributed by atoms with E-state index >= 15 is 0 Å². The Morgan fingerprint density at radius 1 is 1.67 bits per heavy atom. The summed E-state index contributed by atoms with van der Waals surface area (Å²) >= 11 is -0.431. The van der Waals surface area contributed by atoms with Crippen molar-refractivity contribution in [3.8, 4) is 0 Å². The molecule has 0 aromatic heterocycles. The first-order chi connectivity index (χ1) is 2.77. The zero-order chi connectivity index (χ0) is 4.99. The van der Waals surface area contributed by atoms with Crippen molar-refractivity contribution in [1.29, 1.82) is 0 Å². The van der Waals surface area contributed by atoms with Crippen molar-refractivity contribution in [3.63, 3.8) is 0 Å². The first kappa shape index (κ1) is 7.01. The molecule has 0 N–H and O–H groups in total. The Labute approximate surface area is 52.7 Å². The van der Waals surface area contributed by atoms with Gasteiger partial charge in [-0.25, -0.2) is 0 Å². The van der Waals surface area contributed by atoms with E-state index in [9.17, 15) is 0 Å². The summed E-state index contributed by atoms with van der Waals surface area (Å²) in [5.74, 6) is 0. The minimum atomic E-state index is -0.431. The van der Waals surface area contributed by atoms with E-state index < -0.39 is 32.3 Å². The fourth-order valence-electron chi connectivity index (χ4n) is 0.183. The molecule has 0 unspecified atom stereocenters. The van der Waals surface area contributed by atoms with Crippen molar-refractivity contribution in [1.82, 2.24) is 0 Å². The molecule has 0 aliphatic carbocycles. The van der Waals surface area contributed by atoms with E-state index in [1.54, 1.807) is 0 Å². The first-order valence-electron chi connectivity index (χ1n) is 1.67. The SMILES string of the molecule is C=C[CH2][Dy]([CH3])[CH3]. The van der Waals surface area contributed by atoms with Gasteiger partial charge in [0.25, 0.3) is 0 Å². The van der Waals surface area contributed by atoms with Crippen molar-refractivity contribution in [3.05, 3.63) is 12.7 Å². The van der Waals surface area contributed by atoms with Crippen LogP contribution in [0.25, 0.3) is 0 Å². The van der Waals surface area contributed by atoms with Crippen molar-refractivity contribution in [2.24, 2.45) is 0 Å². The van der Waals surface area contributed by atoms with Crippen LogP contribution in [-0.2, 0) is 0 Å². The Morgan fingerprint density at radius 2 is 2.17 bits per heavy atom. The van der Waals surface area contributed by atoms with Gasteiger partial charge in [-0.2, -0.15) is 0 Å². The summed E-state index contributed by atoms with van der Waals surface area (Å²) in [5.41, 5.74) is 0. The molecule has 0 spiro atoms. The summed E-state index contributed by atoms with van der Waals surface area (Å²) in [7, 11) is 0. The van der Waals surface area contributed by atoms with Crippen LogP contribution in [0.2, 0.25) is 8.37 Å². The molecule has 0 aromatic carbocycles. The number of hydrogen-bond donors (Lipinski definition) is 0. The van der Waals surface area contributed by atoms with E-state index in [0.717, 1.165) is 0 Å². The Balaban J connectivity index is 2.81. The third kappa shape index (κ3) is 5.01. The van der Waals surface area contributed by atoms with E-state index in [2.05, 4.69) is 12.5 Å². The molecule has 0 aliphatic heterocycles. The standard InChI is InChI=1S/C3H5.2CH3.Dy/c1-3-2;;;/h3H,1-2H2;2*1H3;. The molecular formula is C5H11Dy. The molecule has 41 valence electrons. The molecule has 0 radical (unpaired) electrons. The molecule has 0 saturated heterocycles. The van der Waals surface area contributed by atoms with Gasteiger partial charge in [0, 0.05) is 0 Å². The van der Waals surface area contributed by atoms with Gasteiger partial charge in [-0.1, -0.05) is 0 Å². The molecule has 0 aromatic rings. The Hall–Kier alpha value is 1.01.